The molecular weight excluding hydrogens is 300 g/mol. The molecule has 0 saturated heterocycles. The van der Waals surface area contributed by atoms with E-state index in [2.05, 4.69) is 15.4 Å². The Kier molecular flexibility index (Phi) is 4.74. The van der Waals surface area contributed by atoms with Crippen LogP contribution in [0.15, 0.2) is 29.6 Å². The molecule has 7 heteroatoms. The third-order valence-corrected chi connectivity index (χ3v) is 4.31. The van der Waals surface area contributed by atoms with E-state index in [1.807, 2.05) is 17.1 Å². The number of aromatic nitrogens is 3. The van der Waals surface area contributed by atoms with Gasteiger partial charge in [0.25, 0.3) is 5.91 Å². The van der Waals surface area contributed by atoms with Gasteiger partial charge in [-0.2, -0.15) is 5.10 Å². The summed E-state index contributed by atoms with van der Waals surface area (Å²) >= 11 is 1.47. The third-order valence-electron chi connectivity index (χ3n) is 3.59. The molecule has 1 aliphatic rings. The molecule has 0 bridgehead atoms. The molecule has 2 aromatic rings. The molecule has 0 unspecified atom stereocenters. The highest BCUT2D eigenvalue weighted by Crippen LogP contribution is 2.17. The van der Waals surface area contributed by atoms with Crippen LogP contribution in [-0.4, -0.2) is 40.1 Å². The monoisotopic (exact) mass is 318 g/mol. The molecule has 3 rings (SSSR count). The van der Waals surface area contributed by atoms with Crippen LogP contribution in [0.2, 0.25) is 0 Å². The molecule has 0 atom stereocenters. The van der Waals surface area contributed by atoms with E-state index in [9.17, 15) is 4.79 Å². The van der Waals surface area contributed by atoms with Gasteiger partial charge < -0.3 is 10.1 Å². The number of nitrogens with zero attached hydrogens (tertiary/aromatic N) is 3. The summed E-state index contributed by atoms with van der Waals surface area (Å²) in [6, 6.07) is 3.57. The minimum Gasteiger partial charge on any atom is -0.376 e. The lowest BCUT2D eigenvalue weighted by Gasteiger charge is -2.15. The summed E-state index contributed by atoms with van der Waals surface area (Å²) in [5.74, 6) is -0.0955. The van der Waals surface area contributed by atoms with Crippen LogP contribution in [0.25, 0.3) is 0 Å². The van der Waals surface area contributed by atoms with E-state index in [0.29, 0.717) is 25.3 Å². The quantitative estimate of drug-likeness (QED) is 0.846. The smallest absolute Gasteiger partial charge is 0.254 e. The Balaban J connectivity index is 1.59. The van der Waals surface area contributed by atoms with Crippen molar-refractivity contribution < 1.29 is 9.53 Å². The maximum absolute atomic E-state index is 12.2. The number of rotatable bonds is 5. The van der Waals surface area contributed by atoms with Crippen molar-refractivity contribution in [2.45, 2.75) is 24.6 Å². The van der Waals surface area contributed by atoms with Crippen molar-refractivity contribution in [2.75, 3.05) is 19.4 Å². The van der Waals surface area contributed by atoms with E-state index < -0.39 is 0 Å². The van der Waals surface area contributed by atoms with Crippen molar-refractivity contribution in [3.05, 3.63) is 41.3 Å². The van der Waals surface area contributed by atoms with Crippen molar-refractivity contribution in [3.8, 4) is 0 Å². The standard InChI is InChI=1S/C15H18N4O2S/c1-22-15-12(3-2-5-17-15)14(20)16-6-7-19-13-4-8-21-10-11(13)9-18-19/h2-3,5,9H,4,6-8,10H2,1H3,(H,16,20). The van der Waals surface area contributed by atoms with Gasteiger partial charge in [-0.15, -0.1) is 11.8 Å². The number of ether oxygens (including phenoxy) is 1. The number of hydrogen-bond donors (Lipinski definition) is 1. The summed E-state index contributed by atoms with van der Waals surface area (Å²) in [7, 11) is 0. The zero-order valence-electron chi connectivity index (χ0n) is 12.4. The van der Waals surface area contributed by atoms with Crippen LogP contribution in [0.4, 0.5) is 0 Å². The van der Waals surface area contributed by atoms with Crippen LogP contribution in [0.3, 0.4) is 0 Å². The Morgan fingerprint density at radius 3 is 3.32 bits per heavy atom. The molecule has 3 heterocycles. The highest BCUT2D eigenvalue weighted by Gasteiger charge is 2.15. The Morgan fingerprint density at radius 1 is 1.55 bits per heavy atom. The first-order valence-corrected chi connectivity index (χ1v) is 8.40. The molecule has 0 radical (unpaired) electrons. The van der Waals surface area contributed by atoms with Crippen LogP contribution >= 0.6 is 11.8 Å². The van der Waals surface area contributed by atoms with Gasteiger partial charge in [0, 0.05) is 30.4 Å². The number of amides is 1. The van der Waals surface area contributed by atoms with Crippen molar-refractivity contribution in [1.82, 2.24) is 20.1 Å². The second-order valence-corrected chi connectivity index (χ2v) is 5.75. The number of carbonyl (C=O) groups is 1. The Labute approximate surface area is 133 Å². The Hall–Kier alpha value is -1.86. The number of nitrogens with one attached hydrogen (secondary N) is 1. The van der Waals surface area contributed by atoms with Gasteiger partial charge in [-0.25, -0.2) is 4.98 Å². The molecule has 0 spiro atoms. The molecule has 2 aromatic heterocycles. The van der Waals surface area contributed by atoms with E-state index in [4.69, 9.17) is 4.74 Å². The normalized spacial score (nSPS) is 13.7. The van der Waals surface area contributed by atoms with E-state index in [1.54, 1.807) is 18.3 Å². The summed E-state index contributed by atoms with van der Waals surface area (Å²) in [5, 5.41) is 8.05. The summed E-state index contributed by atoms with van der Waals surface area (Å²) in [6.45, 7) is 2.57. The van der Waals surface area contributed by atoms with Gasteiger partial charge in [-0.1, -0.05) is 0 Å². The molecule has 1 amide bonds. The first kappa shape index (κ1) is 15.1. The van der Waals surface area contributed by atoms with Crippen molar-refractivity contribution in [3.63, 3.8) is 0 Å². The lowest BCUT2D eigenvalue weighted by molar-refractivity contribution is 0.0946. The predicted molar refractivity (Wildman–Crippen MR) is 83.9 cm³/mol. The zero-order chi connectivity index (χ0) is 15.4. The lowest BCUT2D eigenvalue weighted by Crippen LogP contribution is -2.29. The number of fused-ring (bicyclic) bond motifs is 1. The fraction of sp³-hybridized carbons (Fsp3) is 0.400. The summed E-state index contributed by atoms with van der Waals surface area (Å²) in [5.41, 5.74) is 2.98. The Morgan fingerprint density at radius 2 is 2.45 bits per heavy atom. The number of thioether (sulfide) groups is 1. The molecule has 6 nitrogen and oxygen atoms in total. The number of carbonyl (C=O) groups excluding carboxylic acids is 1. The molecule has 22 heavy (non-hydrogen) atoms. The van der Waals surface area contributed by atoms with Gasteiger partial charge in [-0.3, -0.25) is 9.48 Å². The molecule has 1 N–H and O–H groups in total. The average Bonchev–Trinajstić information content (AvgIpc) is 2.98. The van der Waals surface area contributed by atoms with Crippen molar-refractivity contribution in [1.29, 1.82) is 0 Å². The minimum atomic E-state index is -0.0955. The third kappa shape index (κ3) is 3.15. The van der Waals surface area contributed by atoms with Gasteiger partial charge in [0.2, 0.25) is 0 Å². The van der Waals surface area contributed by atoms with Gasteiger partial charge in [0.05, 0.1) is 31.5 Å². The summed E-state index contributed by atoms with van der Waals surface area (Å²) < 4.78 is 7.36. The fourth-order valence-electron chi connectivity index (χ4n) is 2.50. The molecular formula is C15H18N4O2S. The summed E-state index contributed by atoms with van der Waals surface area (Å²) in [4.78, 5) is 16.4. The number of hydrogen-bond acceptors (Lipinski definition) is 5. The van der Waals surface area contributed by atoms with Crippen molar-refractivity contribution >= 4 is 17.7 Å². The highest BCUT2D eigenvalue weighted by molar-refractivity contribution is 7.98. The van der Waals surface area contributed by atoms with E-state index in [-0.39, 0.29) is 5.91 Å². The average molecular weight is 318 g/mol. The second-order valence-electron chi connectivity index (χ2n) is 4.96. The van der Waals surface area contributed by atoms with Crippen LogP contribution in [0, 0.1) is 0 Å². The molecule has 1 aliphatic heterocycles. The van der Waals surface area contributed by atoms with Crippen LogP contribution in [0.1, 0.15) is 21.6 Å². The first-order chi connectivity index (χ1) is 10.8. The molecule has 116 valence electrons. The van der Waals surface area contributed by atoms with Crippen LogP contribution in [-0.2, 0) is 24.3 Å². The summed E-state index contributed by atoms with van der Waals surface area (Å²) in [6.07, 6.45) is 6.34. The molecule has 0 aromatic carbocycles. The Bertz CT molecular complexity index is 671. The zero-order valence-corrected chi connectivity index (χ0v) is 13.2. The molecule has 0 saturated carbocycles. The van der Waals surface area contributed by atoms with Crippen LogP contribution in [0.5, 0.6) is 0 Å². The second kappa shape index (κ2) is 6.93. The van der Waals surface area contributed by atoms with Gasteiger partial charge >= 0.3 is 0 Å². The lowest BCUT2D eigenvalue weighted by atomic mass is 10.2. The predicted octanol–water partition coefficient (Wildman–Crippen LogP) is 1.50. The highest BCUT2D eigenvalue weighted by atomic mass is 32.2. The first-order valence-electron chi connectivity index (χ1n) is 7.18. The minimum absolute atomic E-state index is 0.0955. The van der Waals surface area contributed by atoms with E-state index >= 15 is 0 Å². The molecule has 0 aliphatic carbocycles. The van der Waals surface area contributed by atoms with Gasteiger partial charge in [0.1, 0.15) is 5.03 Å². The number of pyridine rings is 1. The van der Waals surface area contributed by atoms with E-state index in [1.165, 1.54) is 17.5 Å². The fourth-order valence-corrected chi connectivity index (χ4v) is 3.05. The maximum atomic E-state index is 12.2. The SMILES string of the molecule is CSc1ncccc1C(=O)NCCn1ncc2c1CCOC2. The van der Waals surface area contributed by atoms with Gasteiger partial charge in [-0.05, 0) is 18.4 Å². The maximum Gasteiger partial charge on any atom is 0.254 e. The van der Waals surface area contributed by atoms with Crippen LogP contribution < -0.4 is 5.32 Å². The van der Waals surface area contributed by atoms with Crippen molar-refractivity contribution in [2.24, 2.45) is 0 Å². The largest absolute Gasteiger partial charge is 0.376 e. The molecule has 0 fully saturated rings. The van der Waals surface area contributed by atoms with E-state index in [0.717, 1.165) is 23.6 Å². The van der Waals surface area contributed by atoms with Gasteiger partial charge in [0.15, 0.2) is 0 Å². The topological polar surface area (TPSA) is 69.0 Å².